The van der Waals surface area contributed by atoms with E-state index in [2.05, 4.69) is 16.9 Å². The third kappa shape index (κ3) is 4.89. The highest BCUT2D eigenvalue weighted by Gasteiger charge is 2.19. The van der Waals surface area contributed by atoms with Gasteiger partial charge in [0.2, 0.25) is 5.91 Å². The van der Waals surface area contributed by atoms with Crippen molar-refractivity contribution in [1.82, 2.24) is 14.7 Å². The van der Waals surface area contributed by atoms with Gasteiger partial charge in [0.1, 0.15) is 5.75 Å². The molecule has 3 rings (SSSR count). The van der Waals surface area contributed by atoms with E-state index in [0.717, 1.165) is 42.7 Å². The second-order valence-electron chi connectivity index (χ2n) is 7.13. The van der Waals surface area contributed by atoms with Crippen molar-refractivity contribution in [2.24, 2.45) is 0 Å². The largest absolute Gasteiger partial charge is 0.494 e. The van der Waals surface area contributed by atoms with E-state index in [9.17, 15) is 4.79 Å². The molecule has 0 N–H and O–H groups in total. The fraction of sp³-hybridized carbons (Fsp3) is 0.524. The van der Waals surface area contributed by atoms with Crippen LogP contribution in [-0.4, -0.2) is 52.9 Å². The average Bonchev–Trinajstić information content (AvgIpc) is 3.29. The van der Waals surface area contributed by atoms with Gasteiger partial charge in [-0.3, -0.25) is 4.79 Å². The Bertz CT molecular complexity index is 741. The number of carbonyl (C=O) groups is 1. The first-order valence-electron chi connectivity index (χ1n) is 9.88. The summed E-state index contributed by atoms with van der Waals surface area (Å²) in [6, 6.07) is 8.63. The van der Waals surface area contributed by atoms with Crippen LogP contribution < -0.4 is 9.64 Å². The van der Waals surface area contributed by atoms with Gasteiger partial charge in [0.05, 0.1) is 30.4 Å². The molecule has 0 spiro atoms. The molecule has 1 amide bonds. The number of carbonyl (C=O) groups excluding carboxylic acids is 1. The minimum atomic E-state index is 0.0177. The summed E-state index contributed by atoms with van der Waals surface area (Å²) >= 11 is 0. The van der Waals surface area contributed by atoms with E-state index >= 15 is 0 Å². The number of amides is 1. The van der Waals surface area contributed by atoms with Crippen LogP contribution in [0, 0.1) is 0 Å². The smallest absolute Gasteiger partial charge is 0.223 e. The molecule has 146 valence electrons. The van der Waals surface area contributed by atoms with Gasteiger partial charge < -0.3 is 14.5 Å². The van der Waals surface area contributed by atoms with Crippen molar-refractivity contribution in [2.75, 3.05) is 31.1 Å². The van der Waals surface area contributed by atoms with Crippen LogP contribution in [0.2, 0.25) is 0 Å². The van der Waals surface area contributed by atoms with Crippen molar-refractivity contribution < 1.29 is 9.53 Å². The molecule has 1 aromatic carbocycles. The van der Waals surface area contributed by atoms with Gasteiger partial charge in [0, 0.05) is 26.1 Å². The molecule has 1 aliphatic rings. The maximum atomic E-state index is 11.7. The predicted molar refractivity (Wildman–Crippen MR) is 108 cm³/mol. The van der Waals surface area contributed by atoms with Crippen LogP contribution in [0.25, 0.3) is 5.69 Å². The second kappa shape index (κ2) is 9.04. The average molecular weight is 370 g/mol. The van der Waals surface area contributed by atoms with Crippen molar-refractivity contribution in [1.29, 1.82) is 0 Å². The van der Waals surface area contributed by atoms with E-state index in [1.807, 2.05) is 37.4 Å². The van der Waals surface area contributed by atoms with E-state index in [0.29, 0.717) is 6.54 Å². The summed E-state index contributed by atoms with van der Waals surface area (Å²) in [6.07, 6.45) is 7.28. The number of hydrogen-bond acceptors (Lipinski definition) is 4. The summed E-state index contributed by atoms with van der Waals surface area (Å²) in [7, 11) is 0. The number of benzene rings is 1. The Labute approximate surface area is 161 Å². The number of rotatable bonds is 8. The molecule has 6 nitrogen and oxygen atoms in total. The van der Waals surface area contributed by atoms with Gasteiger partial charge in [0.15, 0.2) is 0 Å². The standard InChI is InChI=1S/C21H30N4O2/c1-4-24(18(3)26)20-15-22-25(16-20)19-8-10-21(11-9-19)27-14-6-13-23-12-5-7-17(23)2/h8-11,15-17H,4-7,12-14H2,1-3H3. The Kier molecular flexibility index (Phi) is 6.50. The Hall–Kier alpha value is -2.34. The number of likely N-dealkylation sites (tertiary alicyclic amines) is 1. The molecule has 1 aromatic heterocycles. The lowest BCUT2D eigenvalue weighted by molar-refractivity contribution is -0.116. The fourth-order valence-corrected chi connectivity index (χ4v) is 3.66. The number of nitrogens with zero attached hydrogens (tertiary/aromatic N) is 4. The topological polar surface area (TPSA) is 50.6 Å². The summed E-state index contributed by atoms with van der Waals surface area (Å²) in [5, 5.41) is 4.37. The fourth-order valence-electron chi connectivity index (χ4n) is 3.66. The molecular weight excluding hydrogens is 340 g/mol. The first-order valence-corrected chi connectivity index (χ1v) is 9.88. The number of ether oxygens (including phenoxy) is 1. The monoisotopic (exact) mass is 370 g/mol. The number of anilines is 1. The molecular formula is C21H30N4O2. The van der Waals surface area contributed by atoms with Crippen LogP contribution in [0.5, 0.6) is 5.75 Å². The van der Waals surface area contributed by atoms with Crippen LogP contribution in [0.15, 0.2) is 36.7 Å². The van der Waals surface area contributed by atoms with Gasteiger partial charge >= 0.3 is 0 Å². The highest BCUT2D eigenvalue weighted by Crippen LogP contribution is 2.20. The maximum Gasteiger partial charge on any atom is 0.223 e. The molecule has 1 unspecified atom stereocenters. The normalized spacial score (nSPS) is 17.2. The Morgan fingerprint density at radius 3 is 2.74 bits per heavy atom. The van der Waals surface area contributed by atoms with Gasteiger partial charge in [-0.15, -0.1) is 0 Å². The zero-order chi connectivity index (χ0) is 19.2. The number of hydrogen-bond donors (Lipinski definition) is 0. The summed E-state index contributed by atoms with van der Waals surface area (Å²) < 4.78 is 7.65. The molecule has 27 heavy (non-hydrogen) atoms. The van der Waals surface area contributed by atoms with E-state index in [-0.39, 0.29) is 5.91 Å². The minimum absolute atomic E-state index is 0.0177. The third-order valence-corrected chi connectivity index (χ3v) is 5.23. The van der Waals surface area contributed by atoms with Gasteiger partial charge in [-0.2, -0.15) is 5.10 Å². The van der Waals surface area contributed by atoms with Gasteiger partial charge in [-0.05, 0) is 63.9 Å². The zero-order valence-corrected chi connectivity index (χ0v) is 16.6. The van der Waals surface area contributed by atoms with Crippen LogP contribution in [0.1, 0.15) is 40.0 Å². The molecule has 1 fully saturated rings. The van der Waals surface area contributed by atoms with Crippen molar-refractivity contribution in [3.05, 3.63) is 36.7 Å². The lowest BCUT2D eigenvalue weighted by Crippen LogP contribution is -2.28. The number of aromatic nitrogens is 2. The van der Waals surface area contributed by atoms with Crippen molar-refractivity contribution in [2.45, 2.75) is 46.1 Å². The Morgan fingerprint density at radius 2 is 2.11 bits per heavy atom. The van der Waals surface area contributed by atoms with Crippen LogP contribution >= 0.6 is 0 Å². The summed E-state index contributed by atoms with van der Waals surface area (Å²) in [5.74, 6) is 0.892. The van der Waals surface area contributed by atoms with E-state index in [1.165, 1.54) is 19.4 Å². The first-order chi connectivity index (χ1) is 13.1. The van der Waals surface area contributed by atoms with Crippen LogP contribution in [0.3, 0.4) is 0 Å². The quantitative estimate of drug-likeness (QED) is 0.668. The van der Waals surface area contributed by atoms with Crippen molar-refractivity contribution in [3.8, 4) is 11.4 Å². The molecule has 0 aliphatic carbocycles. The minimum Gasteiger partial charge on any atom is -0.494 e. The van der Waals surface area contributed by atoms with E-state index in [4.69, 9.17) is 4.74 Å². The molecule has 1 saturated heterocycles. The molecule has 6 heteroatoms. The predicted octanol–water partition coefficient (Wildman–Crippen LogP) is 3.50. The third-order valence-electron chi connectivity index (χ3n) is 5.23. The molecule has 2 heterocycles. The molecule has 0 radical (unpaired) electrons. The Balaban J connectivity index is 1.51. The SMILES string of the molecule is CCN(C(C)=O)c1cnn(-c2ccc(OCCCN3CCCC3C)cc2)c1. The van der Waals surface area contributed by atoms with Crippen molar-refractivity contribution in [3.63, 3.8) is 0 Å². The van der Waals surface area contributed by atoms with Crippen molar-refractivity contribution >= 4 is 11.6 Å². The van der Waals surface area contributed by atoms with Crippen LogP contribution in [-0.2, 0) is 4.79 Å². The van der Waals surface area contributed by atoms with E-state index < -0.39 is 0 Å². The molecule has 0 saturated carbocycles. The first kappa shape index (κ1) is 19.4. The molecule has 2 aromatic rings. The second-order valence-corrected chi connectivity index (χ2v) is 7.13. The lowest BCUT2D eigenvalue weighted by Gasteiger charge is -2.20. The highest BCUT2D eigenvalue weighted by atomic mass is 16.5. The summed E-state index contributed by atoms with van der Waals surface area (Å²) in [5.41, 5.74) is 1.75. The van der Waals surface area contributed by atoms with Gasteiger partial charge in [-0.1, -0.05) is 0 Å². The molecule has 0 bridgehead atoms. The lowest BCUT2D eigenvalue weighted by atomic mass is 10.2. The molecule has 1 aliphatic heterocycles. The van der Waals surface area contributed by atoms with Gasteiger partial charge in [-0.25, -0.2) is 4.68 Å². The molecule has 1 atom stereocenters. The van der Waals surface area contributed by atoms with Gasteiger partial charge in [0.25, 0.3) is 0 Å². The van der Waals surface area contributed by atoms with E-state index in [1.54, 1.807) is 22.7 Å². The van der Waals surface area contributed by atoms with Crippen LogP contribution in [0.4, 0.5) is 5.69 Å². The maximum absolute atomic E-state index is 11.7. The summed E-state index contributed by atoms with van der Waals surface area (Å²) in [4.78, 5) is 15.9. The zero-order valence-electron chi connectivity index (χ0n) is 16.6. The summed E-state index contributed by atoms with van der Waals surface area (Å²) in [6.45, 7) is 9.53. The Morgan fingerprint density at radius 1 is 1.33 bits per heavy atom. The highest BCUT2D eigenvalue weighted by molar-refractivity contribution is 5.91.